The third-order valence-corrected chi connectivity index (χ3v) is 1.97. The van der Waals surface area contributed by atoms with E-state index in [2.05, 4.69) is 4.90 Å². The van der Waals surface area contributed by atoms with Crippen LogP contribution in [0.25, 0.3) is 0 Å². The topological polar surface area (TPSA) is 32.7 Å². The Morgan fingerprint density at radius 3 is 2.58 bits per heavy atom. The molecule has 3 nitrogen and oxygen atoms in total. The Labute approximate surface area is 71.2 Å². The van der Waals surface area contributed by atoms with E-state index in [0.29, 0.717) is 12.5 Å². The second-order valence-electron chi connectivity index (χ2n) is 2.82. The van der Waals surface area contributed by atoms with Crippen LogP contribution in [0.1, 0.15) is 0 Å². The fourth-order valence-corrected chi connectivity index (χ4v) is 1.28. The van der Waals surface area contributed by atoms with E-state index in [1.54, 1.807) is 12.1 Å². The van der Waals surface area contributed by atoms with Crippen molar-refractivity contribution in [2.24, 2.45) is 0 Å². The van der Waals surface area contributed by atoms with Crippen molar-refractivity contribution in [2.45, 2.75) is 0 Å². The molecule has 1 aromatic rings. The van der Waals surface area contributed by atoms with E-state index in [9.17, 15) is 0 Å². The van der Waals surface area contributed by atoms with E-state index in [4.69, 9.17) is 9.84 Å². The van der Waals surface area contributed by atoms with Crippen molar-refractivity contribution in [3.63, 3.8) is 0 Å². The lowest BCUT2D eigenvalue weighted by Crippen LogP contribution is -2.17. The first-order chi connectivity index (χ1) is 5.86. The van der Waals surface area contributed by atoms with Crippen LogP contribution in [-0.4, -0.2) is 25.0 Å². The summed E-state index contributed by atoms with van der Waals surface area (Å²) in [4.78, 5) is 2.12. The number of anilines is 1. The molecule has 0 amide bonds. The molecular formula is C9H11NO2. The second kappa shape index (κ2) is 3.03. The zero-order valence-electron chi connectivity index (χ0n) is 6.73. The molecule has 0 atom stereocenters. The van der Waals surface area contributed by atoms with Crippen molar-refractivity contribution in [3.05, 3.63) is 24.3 Å². The van der Waals surface area contributed by atoms with Crippen molar-refractivity contribution in [2.75, 3.05) is 24.8 Å². The molecule has 12 heavy (non-hydrogen) atoms. The normalized spacial score (nSPS) is 16.8. The fourth-order valence-electron chi connectivity index (χ4n) is 1.28. The molecule has 64 valence electrons. The Morgan fingerprint density at radius 1 is 1.25 bits per heavy atom. The SMILES string of the molecule is Oc1ccc(N2CCOC2)cc1. The van der Waals surface area contributed by atoms with Gasteiger partial charge in [-0.1, -0.05) is 0 Å². The lowest BCUT2D eigenvalue weighted by Gasteiger charge is -2.14. The summed E-state index contributed by atoms with van der Waals surface area (Å²) in [5.74, 6) is 0.305. The molecule has 0 aromatic heterocycles. The number of rotatable bonds is 1. The summed E-state index contributed by atoms with van der Waals surface area (Å²) < 4.78 is 5.21. The molecule has 3 heteroatoms. The molecule has 1 heterocycles. The Bertz CT molecular complexity index is 252. The van der Waals surface area contributed by atoms with Gasteiger partial charge in [0.25, 0.3) is 0 Å². The molecular weight excluding hydrogens is 154 g/mol. The van der Waals surface area contributed by atoms with E-state index in [-0.39, 0.29) is 0 Å². The molecule has 1 fully saturated rings. The highest BCUT2D eigenvalue weighted by molar-refractivity contribution is 5.48. The van der Waals surface area contributed by atoms with Gasteiger partial charge in [0.05, 0.1) is 6.61 Å². The highest BCUT2D eigenvalue weighted by Crippen LogP contribution is 2.19. The first kappa shape index (κ1) is 7.43. The Balaban J connectivity index is 2.17. The summed E-state index contributed by atoms with van der Waals surface area (Å²) in [6, 6.07) is 7.16. The van der Waals surface area contributed by atoms with Crippen LogP contribution in [0.4, 0.5) is 5.69 Å². The van der Waals surface area contributed by atoms with Crippen LogP contribution in [0.15, 0.2) is 24.3 Å². The highest BCUT2D eigenvalue weighted by Gasteiger charge is 2.11. The summed E-state index contributed by atoms with van der Waals surface area (Å²) in [6.45, 7) is 2.39. The highest BCUT2D eigenvalue weighted by atomic mass is 16.5. The number of phenolic OH excluding ortho intramolecular Hbond substituents is 1. The molecule has 2 rings (SSSR count). The standard InChI is InChI=1S/C9H11NO2/c11-9-3-1-8(2-4-9)10-5-6-12-7-10/h1-4,11H,5-7H2. The average molecular weight is 165 g/mol. The molecule has 0 spiro atoms. The fraction of sp³-hybridized carbons (Fsp3) is 0.333. The Hall–Kier alpha value is -1.22. The maximum absolute atomic E-state index is 9.05. The molecule has 1 N–H and O–H groups in total. The maximum atomic E-state index is 9.05. The van der Waals surface area contributed by atoms with Crippen molar-refractivity contribution >= 4 is 5.69 Å². The van der Waals surface area contributed by atoms with E-state index in [1.165, 1.54) is 0 Å². The minimum absolute atomic E-state index is 0.305. The molecule has 0 aliphatic carbocycles. The molecule has 1 aromatic carbocycles. The van der Waals surface area contributed by atoms with Gasteiger partial charge in [0.1, 0.15) is 12.5 Å². The lowest BCUT2D eigenvalue weighted by atomic mass is 10.3. The minimum Gasteiger partial charge on any atom is -0.508 e. The molecule has 0 saturated carbocycles. The number of hydrogen-bond acceptors (Lipinski definition) is 3. The summed E-state index contributed by atoms with van der Waals surface area (Å²) in [5.41, 5.74) is 1.10. The van der Waals surface area contributed by atoms with Gasteiger partial charge >= 0.3 is 0 Å². The predicted molar refractivity (Wildman–Crippen MR) is 46.3 cm³/mol. The van der Waals surface area contributed by atoms with E-state index in [0.717, 1.165) is 18.8 Å². The monoisotopic (exact) mass is 165 g/mol. The largest absolute Gasteiger partial charge is 0.508 e. The van der Waals surface area contributed by atoms with E-state index < -0.39 is 0 Å². The van der Waals surface area contributed by atoms with Gasteiger partial charge in [-0.05, 0) is 24.3 Å². The quantitative estimate of drug-likeness (QED) is 0.678. The molecule has 0 unspecified atom stereocenters. The van der Waals surface area contributed by atoms with Crippen LogP contribution in [0.3, 0.4) is 0 Å². The smallest absolute Gasteiger partial charge is 0.119 e. The maximum Gasteiger partial charge on any atom is 0.119 e. The molecule has 1 aliphatic heterocycles. The van der Waals surface area contributed by atoms with Crippen molar-refractivity contribution in [1.82, 2.24) is 0 Å². The Kier molecular flexibility index (Phi) is 1.87. The molecule has 1 saturated heterocycles. The van der Waals surface area contributed by atoms with Crippen LogP contribution >= 0.6 is 0 Å². The summed E-state index contributed by atoms with van der Waals surface area (Å²) in [5, 5.41) is 9.05. The van der Waals surface area contributed by atoms with E-state index >= 15 is 0 Å². The number of benzene rings is 1. The van der Waals surface area contributed by atoms with Gasteiger partial charge in [0.2, 0.25) is 0 Å². The predicted octanol–water partition coefficient (Wildman–Crippen LogP) is 1.19. The second-order valence-corrected chi connectivity index (χ2v) is 2.82. The van der Waals surface area contributed by atoms with Gasteiger partial charge in [-0.3, -0.25) is 0 Å². The van der Waals surface area contributed by atoms with Crippen LogP contribution < -0.4 is 4.90 Å². The van der Waals surface area contributed by atoms with Gasteiger partial charge < -0.3 is 14.7 Å². The molecule has 1 aliphatic rings. The number of nitrogens with zero attached hydrogens (tertiary/aromatic N) is 1. The number of phenols is 1. The zero-order valence-corrected chi connectivity index (χ0v) is 6.73. The van der Waals surface area contributed by atoms with Crippen LogP contribution in [-0.2, 0) is 4.74 Å². The zero-order chi connectivity index (χ0) is 8.39. The number of ether oxygens (including phenoxy) is 1. The first-order valence-corrected chi connectivity index (χ1v) is 3.98. The van der Waals surface area contributed by atoms with Gasteiger partial charge in [-0.2, -0.15) is 0 Å². The van der Waals surface area contributed by atoms with Gasteiger partial charge in [0, 0.05) is 12.2 Å². The summed E-state index contributed by atoms with van der Waals surface area (Å²) >= 11 is 0. The lowest BCUT2D eigenvalue weighted by molar-refractivity contribution is 0.201. The third kappa shape index (κ3) is 1.36. The van der Waals surface area contributed by atoms with Gasteiger partial charge in [0.15, 0.2) is 0 Å². The van der Waals surface area contributed by atoms with Gasteiger partial charge in [-0.15, -0.1) is 0 Å². The molecule has 0 radical (unpaired) electrons. The molecule has 0 bridgehead atoms. The minimum atomic E-state index is 0.305. The van der Waals surface area contributed by atoms with Crippen molar-refractivity contribution < 1.29 is 9.84 Å². The van der Waals surface area contributed by atoms with Crippen molar-refractivity contribution in [1.29, 1.82) is 0 Å². The number of hydrogen-bond donors (Lipinski definition) is 1. The van der Waals surface area contributed by atoms with Crippen LogP contribution in [0, 0.1) is 0 Å². The van der Waals surface area contributed by atoms with Gasteiger partial charge in [-0.25, -0.2) is 0 Å². The average Bonchev–Trinajstić information content (AvgIpc) is 2.58. The third-order valence-electron chi connectivity index (χ3n) is 1.97. The summed E-state index contributed by atoms with van der Waals surface area (Å²) in [6.07, 6.45) is 0. The first-order valence-electron chi connectivity index (χ1n) is 3.98. The van der Waals surface area contributed by atoms with Crippen molar-refractivity contribution in [3.8, 4) is 5.75 Å². The van der Waals surface area contributed by atoms with E-state index in [1.807, 2.05) is 12.1 Å². The number of aromatic hydroxyl groups is 1. The Morgan fingerprint density at radius 2 is 2.00 bits per heavy atom. The van der Waals surface area contributed by atoms with Crippen LogP contribution in [0.2, 0.25) is 0 Å². The van der Waals surface area contributed by atoms with Crippen LogP contribution in [0.5, 0.6) is 5.75 Å². The summed E-state index contributed by atoms with van der Waals surface area (Å²) in [7, 11) is 0.